The van der Waals surface area contributed by atoms with Crippen molar-refractivity contribution in [3.05, 3.63) is 228 Å². The molecule has 4 aliphatic heterocycles. The summed E-state index contributed by atoms with van der Waals surface area (Å²) >= 11 is 0. The van der Waals surface area contributed by atoms with Crippen molar-refractivity contribution in [3.63, 3.8) is 0 Å². The quantitative estimate of drug-likeness (QED) is 0.0153. The maximum atomic E-state index is 15.1. The van der Waals surface area contributed by atoms with E-state index in [-0.39, 0.29) is 40.0 Å². The third-order valence-corrected chi connectivity index (χ3v) is 26.7. The molecular weight excluding hydrogens is 1530 g/mol. The minimum Gasteiger partial charge on any atom is -0.467 e. The molecule has 4 aliphatic rings. The maximum absolute atomic E-state index is 15.1. The van der Waals surface area contributed by atoms with E-state index in [4.69, 9.17) is 80.2 Å². The van der Waals surface area contributed by atoms with Gasteiger partial charge in [0.25, 0.3) is 0 Å². The van der Waals surface area contributed by atoms with Crippen LogP contribution in [0.3, 0.4) is 0 Å². The summed E-state index contributed by atoms with van der Waals surface area (Å²) in [5.41, 5.74) is -0.254. The standard InChI is InChI=1S/C84H96N2O29Si/c1-13-44-101-79-57(85-47(2)87)61(59(89)55(104-79)45-102-71(91)49-32-20-14-21-33-49)110-81-69(108-75(95)53-40-28-18-29-41-53)64(106-73(93)51-36-24-16-25-37-51)63(67(113-81)77(97)99-10)112-80-58(86-48(3)88)62(60(90)56(105-80)46-103-72(92)50-34-22-15-23-35-50)111-82-70(109-76(96)54-42-30-19-31-43-54)65(107-74(94)52-38-26-17-27-39-52)66(68(114-82)78(98)100-11)115-116(12,83(4,5)6)84(7,8)9/h13-43,55-70,79-82,89-90H,1,44-46H2,2-12H3,(H,85,87)(H,86,88)/t55?,56?,57?,58?,59-,60-,61+,62+,63-,64-,65-,66-,67?,68?,69?,70?,79+,80-,81+,82+/m0/s1. The van der Waals surface area contributed by atoms with Crippen molar-refractivity contribution in [2.75, 3.05) is 34.0 Å². The first-order valence-electron chi connectivity index (χ1n) is 37.4. The van der Waals surface area contributed by atoms with Crippen molar-refractivity contribution in [1.82, 2.24) is 10.6 Å². The average molecular weight is 1630 g/mol. The molecule has 10 rings (SSSR count). The second-order valence-electron chi connectivity index (χ2n) is 29.8. The number of carbonyl (C=O) groups is 10. The van der Waals surface area contributed by atoms with Gasteiger partial charge in [0.1, 0.15) is 74.1 Å². The molecule has 6 aromatic carbocycles. The third-order valence-electron chi connectivity index (χ3n) is 20.2. The summed E-state index contributed by atoms with van der Waals surface area (Å²) in [5, 5.41) is 29.8. The molecule has 32 heteroatoms. The van der Waals surface area contributed by atoms with Gasteiger partial charge in [-0.3, -0.25) is 9.59 Å². The number of ether oxygens (including phenoxy) is 16. The van der Waals surface area contributed by atoms with Gasteiger partial charge >= 0.3 is 47.8 Å². The van der Waals surface area contributed by atoms with Gasteiger partial charge in [-0.25, -0.2) is 38.4 Å². The molecule has 0 saturated carbocycles. The Morgan fingerprint density at radius 3 is 1.02 bits per heavy atom. The predicted molar refractivity (Wildman–Crippen MR) is 409 cm³/mol. The summed E-state index contributed by atoms with van der Waals surface area (Å²) in [6.45, 7) is 17.5. The van der Waals surface area contributed by atoms with Crippen molar-refractivity contribution in [2.24, 2.45) is 0 Å². The molecule has 2 amide bonds. The molecule has 0 aliphatic carbocycles. The fourth-order valence-electron chi connectivity index (χ4n) is 13.8. The molecule has 0 radical (unpaired) electrons. The lowest BCUT2D eigenvalue weighted by molar-refractivity contribution is -0.367. The third kappa shape index (κ3) is 21.2. The number of nitrogens with one attached hydrogen (secondary N) is 2. The average Bonchev–Trinajstić information content (AvgIpc) is 0.742. The van der Waals surface area contributed by atoms with E-state index >= 15 is 14.4 Å². The smallest absolute Gasteiger partial charge is 0.338 e. The van der Waals surface area contributed by atoms with Crippen molar-refractivity contribution < 1.29 is 138 Å². The number of aliphatic hydroxyl groups is 2. The van der Waals surface area contributed by atoms with Crippen LogP contribution in [0, 0.1) is 0 Å². The highest BCUT2D eigenvalue weighted by Gasteiger charge is 2.64. The molecular formula is C84H96N2O29Si. The molecule has 4 fully saturated rings. The van der Waals surface area contributed by atoms with Gasteiger partial charge in [0, 0.05) is 13.8 Å². The Bertz CT molecular complexity index is 4330. The highest BCUT2D eigenvalue weighted by molar-refractivity contribution is 6.78. The number of amides is 2. The second-order valence-corrected chi connectivity index (χ2v) is 35.1. The first-order chi connectivity index (χ1) is 55.3. The number of esters is 8. The number of aliphatic hydroxyl groups excluding tert-OH is 2. The number of benzene rings is 6. The molecule has 0 spiro atoms. The number of methoxy groups -OCH3 is 2. The van der Waals surface area contributed by atoms with Crippen LogP contribution in [0.1, 0.15) is 118 Å². The highest BCUT2D eigenvalue weighted by atomic mass is 28.4. The number of carbonyl (C=O) groups excluding carboxylic acids is 10. The van der Waals surface area contributed by atoms with Crippen LogP contribution in [-0.4, -0.2) is 235 Å². The van der Waals surface area contributed by atoms with Gasteiger partial charge in [0.2, 0.25) is 20.1 Å². The first kappa shape index (κ1) is 87.9. The normalized spacial score (nSPS) is 27.4. The fourth-order valence-corrected chi connectivity index (χ4v) is 17.5. The molecule has 4 N–H and O–H groups in total. The SMILES string of the molecule is C=CCO[C@@H]1OC(COC(=O)c2ccccc2)[C@H](O)[C@H](O[C@@H]2OC(C(=O)OC)[C@@H](O[C@@H]3OC(COC(=O)c4ccccc4)[C@H](O)[C@H](O[C@@H]4OC(C(=O)OC)[C@@H](O[Si](C)(C(C)(C)C)C(C)(C)C)[C@H](OC(=O)c5ccccc5)C4OC(=O)c4ccccc4)C3NC(C)=O)[C@H](OC(=O)c3ccccc3)C2OC(=O)c2ccccc2)C1NC(C)=O. The summed E-state index contributed by atoms with van der Waals surface area (Å²) in [5.74, 6) is -10.5. The number of hydrogen-bond acceptors (Lipinski definition) is 29. The van der Waals surface area contributed by atoms with E-state index in [0.717, 1.165) is 28.1 Å². The Labute approximate surface area is 670 Å². The summed E-state index contributed by atoms with van der Waals surface area (Å²) < 4.78 is 109. The van der Waals surface area contributed by atoms with E-state index in [1.807, 2.05) is 48.1 Å². The van der Waals surface area contributed by atoms with Gasteiger partial charge < -0.3 is 101 Å². The van der Waals surface area contributed by atoms with E-state index < -0.39 is 214 Å². The molecule has 116 heavy (non-hydrogen) atoms. The molecule has 0 bridgehead atoms. The first-order valence-corrected chi connectivity index (χ1v) is 39.8. The molecule has 20 atom stereocenters. The predicted octanol–water partition coefficient (Wildman–Crippen LogP) is 7.50. The van der Waals surface area contributed by atoms with Crippen LogP contribution >= 0.6 is 0 Å². The summed E-state index contributed by atoms with van der Waals surface area (Å²) in [6.07, 6.45) is -36.0. The molecule has 4 saturated heterocycles. The molecule has 620 valence electrons. The van der Waals surface area contributed by atoms with Crippen LogP contribution in [0.25, 0.3) is 0 Å². The van der Waals surface area contributed by atoms with Crippen LogP contribution in [0.5, 0.6) is 0 Å². The largest absolute Gasteiger partial charge is 0.467 e. The number of hydrogen-bond donors (Lipinski definition) is 4. The van der Waals surface area contributed by atoms with Crippen LogP contribution in [0.4, 0.5) is 0 Å². The zero-order valence-corrected chi connectivity index (χ0v) is 66.7. The van der Waals surface area contributed by atoms with Gasteiger partial charge in [-0.1, -0.05) is 157 Å². The molecule has 0 aromatic heterocycles. The maximum Gasteiger partial charge on any atom is 0.338 e. The van der Waals surface area contributed by atoms with E-state index in [0.29, 0.717) is 0 Å². The Morgan fingerprint density at radius 1 is 0.405 bits per heavy atom. The van der Waals surface area contributed by atoms with Crippen LogP contribution in [0.15, 0.2) is 195 Å². The van der Waals surface area contributed by atoms with Gasteiger partial charge in [0.05, 0.1) is 54.2 Å². The second kappa shape index (κ2) is 39.5. The molecule has 31 nitrogen and oxygen atoms in total. The Hall–Kier alpha value is -10.5. The Kier molecular flexibility index (Phi) is 29.9. The van der Waals surface area contributed by atoms with E-state index in [2.05, 4.69) is 17.2 Å². The van der Waals surface area contributed by atoms with E-state index in [1.165, 1.54) is 103 Å². The van der Waals surface area contributed by atoms with Crippen LogP contribution < -0.4 is 10.6 Å². The van der Waals surface area contributed by atoms with Gasteiger partial charge in [-0.2, -0.15) is 0 Å². The fraction of sp³-hybridized carbons (Fsp3) is 0.429. The molecule has 4 heterocycles. The molecule has 8 unspecified atom stereocenters. The van der Waals surface area contributed by atoms with Crippen molar-refractivity contribution in [3.8, 4) is 0 Å². The van der Waals surface area contributed by atoms with Gasteiger partial charge in [-0.05, 0) is 89.4 Å². The Balaban J connectivity index is 1.15. The molecule has 6 aromatic rings. The van der Waals surface area contributed by atoms with Crippen molar-refractivity contribution in [2.45, 2.75) is 195 Å². The summed E-state index contributed by atoms with van der Waals surface area (Å²) in [7, 11) is -1.48. The van der Waals surface area contributed by atoms with Crippen LogP contribution in [0.2, 0.25) is 16.6 Å². The van der Waals surface area contributed by atoms with Gasteiger partial charge in [0.15, 0.2) is 61.8 Å². The monoisotopic (exact) mass is 1620 g/mol. The Morgan fingerprint density at radius 2 is 0.698 bits per heavy atom. The highest BCUT2D eigenvalue weighted by Crippen LogP contribution is 2.53. The minimum absolute atomic E-state index is 0.0155. The zero-order valence-electron chi connectivity index (χ0n) is 65.7. The lowest BCUT2D eigenvalue weighted by atomic mass is 9.93. The van der Waals surface area contributed by atoms with Crippen molar-refractivity contribution >= 4 is 67.9 Å². The summed E-state index contributed by atoms with van der Waals surface area (Å²) in [4.78, 5) is 145. The summed E-state index contributed by atoms with van der Waals surface area (Å²) in [6, 6.07) is 41.5. The minimum atomic E-state index is -3.46. The van der Waals surface area contributed by atoms with Crippen LogP contribution in [-0.2, 0) is 99.4 Å². The van der Waals surface area contributed by atoms with Crippen molar-refractivity contribution in [1.29, 1.82) is 0 Å². The topological polar surface area (TPSA) is 392 Å². The van der Waals surface area contributed by atoms with Gasteiger partial charge in [-0.15, -0.1) is 6.58 Å². The lowest BCUT2D eigenvalue weighted by Gasteiger charge is -2.54. The van der Waals surface area contributed by atoms with E-state index in [9.17, 15) is 43.8 Å². The zero-order chi connectivity index (χ0) is 83.8. The number of rotatable bonds is 29. The lowest BCUT2D eigenvalue weighted by Crippen LogP contribution is -2.72. The van der Waals surface area contributed by atoms with E-state index in [1.54, 1.807) is 84.9 Å².